The number of hydrogen-bond donors (Lipinski definition) is 0. The van der Waals surface area contributed by atoms with Crippen LogP contribution >= 0.6 is 0 Å². The van der Waals surface area contributed by atoms with Crippen LogP contribution in [0.5, 0.6) is 0 Å². The van der Waals surface area contributed by atoms with Crippen LogP contribution in [0.15, 0.2) is 72.5 Å². The van der Waals surface area contributed by atoms with E-state index < -0.39 is 0 Å². The Morgan fingerprint density at radius 3 is 1.90 bits per heavy atom. The molecule has 2 aromatic rings. The fourth-order valence-corrected chi connectivity index (χ4v) is 3.34. The lowest BCUT2D eigenvalue weighted by molar-refractivity contribution is 0.176. The fourth-order valence-electron chi connectivity index (χ4n) is 3.34. The summed E-state index contributed by atoms with van der Waals surface area (Å²) in [6.07, 6.45) is 3.34. The molecule has 0 amide bonds. The highest BCUT2D eigenvalue weighted by Gasteiger charge is 2.46. The first-order chi connectivity index (χ1) is 9.77. The molecule has 20 heavy (non-hydrogen) atoms. The van der Waals surface area contributed by atoms with Crippen LogP contribution in [0.2, 0.25) is 0 Å². The second-order valence-corrected chi connectivity index (χ2v) is 5.42. The van der Waals surface area contributed by atoms with E-state index in [1.165, 1.54) is 11.1 Å². The number of benzene rings is 2. The molecular formula is C19H20O. The van der Waals surface area contributed by atoms with Gasteiger partial charge in [0.1, 0.15) is 5.76 Å². The van der Waals surface area contributed by atoms with E-state index in [0.717, 1.165) is 12.2 Å². The van der Waals surface area contributed by atoms with Gasteiger partial charge in [-0.1, -0.05) is 60.7 Å². The zero-order chi connectivity index (χ0) is 14.0. The van der Waals surface area contributed by atoms with Crippen molar-refractivity contribution in [2.45, 2.75) is 31.8 Å². The zero-order valence-electron chi connectivity index (χ0n) is 12.0. The molecule has 0 saturated carbocycles. The highest BCUT2D eigenvalue weighted by molar-refractivity contribution is 5.48. The van der Waals surface area contributed by atoms with E-state index in [1.807, 2.05) is 0 Å². The Bertz CT molecular complexity index is 559. The lowest BCUT2D eigenvalue weighted by Gasteiger charge is -2.30. The van der Waals surface area contributed by atoms with Crippen LogP contribution in [0.3, 0.4) is 0 Å². The second-order valence-electron chi connectivity index (χ2n) is 5.42. The lowest BCUT2D eigenvalue weighted by Crippen LogP contribution is -2.26. The Morgan fingerprint density at radius 1 is 0.950 bits per heavy atom. The molecule has 1 heteroatoms. The number of hydrogen-bond acceptors (Lipinski definition) is 1. The molecule has 1 unspecified atom stereocenters. The molecule has 2 aromatic carbocycles. The van der Waals surface area contributed by atoms with Crippen LogP contribution in [0.4, 0.5) is 0 Å². The Hall–Kier alpha value is -2.02. The van der Waals surface area contributed by atoms with Gasteiger partial charge in [0.2, 0.25) is 0 Å². The lowest BCUT2D eigenvalue weighted by atomic mass is 9.71. The molecule has 1 saturated heterocycles. The van der Waals surface area contributed by atoms with E-state index in [4.69, 9.17) is 4.74 Å². The van der Waals surface area contributed by atoms with Crippen molar-refractivity contribution in [1.82, 2.24) is 0 Å². The molecular weight excluding hydrogens is 244 g/mol. The molecule has 0 aromatic heterocycles. The molecule has 1 aliphatic rings. The van der Waals surface area contributed by atoms with Gasteiger partial charge in [0.25, 0.3) is 0 Å². The van der Waals surface area contributed by atoms with Gasteiger partial charge in [0.05, 0.1) is 11.5 Å². The maximum Gasteiger partial charge on any atom is 0.107 e. The van der Waals surface area contributed by atoms with Crippen molar-refractivity contribution in [3.05, 3.63) is 83.6 Å². The summed E-state index contributed by atoms with van der Waals surface area (Å²) >= 11 is 0. The Labute approximate surface area is 120 Å². The van der Waals surface area contributed by atoms with E-state index in [0.29, 0.717) is 0 Å². The first kappa shape index (κ1) is 13.0. The molecule has 3 rings (SSSR count). The molecule has 0 spiro atoms. The zero-order valence-corrected chi connectivity index (χ0v) is 12.0. The van der Waals surface area contributed by atoms with Crippen molar-refractivity contribution in [2.75, 3.05) is 0 Å². The largest absolute Gasteiger partial charge is 0.494 e. The summed E-state index contributed by atoms with van der Waals surface area (Å²) < 4.78 is 6.10. The third-order valence-corrected chi connectivity index (χ3v) is 4.14. The standard InChI is InChI=1S/C19H20O/c1-3-18-19(14-15(2)20-18,16-10-6-4-7-11-16)17-12-8-5-9-13-17/h3-13,15H,14H2,1-2H3/b18-3-. The van der Waals surface area contributed by atoms with E-state index >= 15 is 0 Å². The number of rotatable bonds is 2. The average molecular weight is 264 g/mol. The summed E-state index contributed by atoms with van der Waals surface area (Å²) in [7, 11) is 0. The van der Waals surface area contributed by atoms with Gasteiger partial charge in [0.15, 0.2) is 0 Å². The molecule has 0 aliphatic carbocycles. The normalized spacial score (nSPS) is 22.7. The molecule has 1 atom stereocenters. The van der Waals surface area contributed by atoms with Gasteiger partial charge < -0.3 is 4.74 Å². The SMILES string of the molecule is C/C=C1\OC(C)CC1(c1ccccc1)c1ccccc1. The quantitative estimate of drug-likeness (QED) is 0.765. The van der Waals surface area contributed by atoms with Crippen molar-refractivity contribution in [3.63, 3.8) is 0 Å². The molecule has 1 heterocycles. The monoisotopic (exact) mass is 264 g/mol. The van der Waals surface area contributed by atoms with Crippen LogP contribution in [-0.2, 0) is 10.2 Å². The summed E-state index contributed by atoms with van der Waals surface area (Å²) in [5, 5.41) is 0. The summed E-state index contributed by atoms with van der Waals surface area (Å²) in [5.41, 5.74) is 2.48. The Balaban J connectivity index is 2.24. The minimum atomic E-state index is -0.142. The summed E-state index contributed by atoms with van der Waals surface area (Å²) in [4.78, 5) is 0. The molecule has 0 N–H and O–H groups in total. The maximum atomic E-state index is 6.10. The minimum Gasteiger partial charge on any atom is -0.494 e. The summed E-state index contributed by atoms with van der Waals surface area (Å²) in [6, 6.07) is 21.4. The van der Waals surface area contributed by atoms with Gasteiger partial charge in [0, 0.05) is 6.42 Å². The summed E-state index contributed by atoms with van der Waals surface area (Å²) in [6.45, 7) is 4.21. The molecule has 102 valence electrons. The molecule has 0 bridgehead atoms. The maximum absolute atomic E-state index is 6.10. The van der Waals surface area contributed by atoms with Crippen LogP contribution in [-0.4, -0.2) is 6.10 Å². The van der Waals surface area contributed by atoms with Crippen molar-refractivity contribution < 1.29 is 4.74 Å². The molecule has 0 radical (unpaired) electrons. The van der Waals surface area contributed by atoms with Crippen molar-refractivity contribution in [3.8, 4) is 0 Å². The third-order valence-electron chi connectivity index (χ3n) is 4.14. The Kier molecular flexibility index (Phi) is 3.35. The van der Waals surface area contributed by atoms with Crippen molar-refractivity contribution >= 4 is 0 Å². The third kappa shape index (κ3) is 1.94. The van der Waals surface area contributed by atoms with Gasteiger partial charge in [-0.15, -0.1) is 0 Å². The highest BCUT2D eigenvalue weighted by atomic mass is 16.5. The molecule has 1 aliphatic heterocycles. The van der Waals surface area contributed by atoms with E-state index in [-0.39, 0.29) is 11.5 Å². The second kappa shape index (κ2) is 5.16. The highest BCUT2D eigenvalue weighted by Crippen LogP contribution is 2.49. The number of ether oxygens (including phenoxy) is 1. The Morgan fingerprint density at radius 2 is 1.45 bits per heavy atom. The van der Waals surface area contributed by atoms with Gasteiger partial charge >= 0.3 is 0 Å². The average Bonchev–Trinajstić information content (AvgIpc) is 2.87. The van der Waals surface area contributed by atoms with Crippen LogP contribution < -0.4 is 0 Å². The predicted molar refractivity (Wildman–Crippen MR) is 82.6 cm³/mol. The van der Waals surface area contributed by atoms with Crippen LogP contribution in [0.25, 0.3) is 0 Å². The predicted octanol–water partition coefficient (Wildman–Crippen LogP) is 4.69. The van der Waals surface area contributed by atoms with Crippen LogP contribution in [0, 0.1) is 0 Å². The van der Waals surface area contributed by atoms with E-state index in [9.17, 15) is 0 Å². The topological polar surface area (TPSA) is 9.23 Å². The van der Waals surface area contributed by atoms with E-state index in [2.05, 4.69) is 80.6 Å². The minimum absolute atomic E-state index is 0.142. The first-order valence-corrected chi connectivity index (χ1v) is 7.22. The van der Waals surface area contributed by atoms with Gasteiger partial charge in [-0.25, -0.2) is 0 Å². The van der Waals surface area contributed by atoms with Crippen LogP contribution in [0.1, 0.15) is 31.4 Å². The van der Waals surface area contributed by atoms with Gasteiger partial charge in [-0.3, -0.25) is 0 Å². The van der Waals surface area contributed by atoms with Crippen molar-refractivity contribution in [1.29, 1.82) is 0 Å². The van der Waals surface area contributed by atoms with Crippen molar-refractivity contribution in [2.24, 2.45) is 0 Å². The number of allylic oxidation sites excluding steroid dienone is 2. The van der Waals surface area contributed by atoms with Gasteiger partial charge in [-0.05, 0) is 31.1 Å². The fraction of sp³-hybridized carbons (Fsp3) is 0.263. The molecule has 1 fully saturated rings. The smallest absolute Gasteiger partial charge is 0.107 e. The summed E-state index contributed by atoms with van der Waals surface area (Å²) in [5.74, 6) is 1.07. The molecule has 1 nitrogen and oxygen atoms in total. The van der Waals surface area contributed by atoms with Gasteiger partial charge in [-0.2, -0.15) is 0 Å². The van der Waals surface area contributed by atoms with E-state index in [1.54, 1.807) is 0 Å². The first-order valence-electron chi connectivity index (χ1n) is 7.22.